The van der Waals surface area contributed by atoms with Crippen molar-refractivity contribution in [2.75, 3.05) is 19.6 Å². The summed E-state index contributed by atoms with van der Waals surface area (Å²) in [4.78, 5) is 18.9. The van der Waals surface area contributed by atoms with E-state index in [0.717, 1.165) is 24.3 Å². The molecule has 24 heavy (non-hydrogen) atoms. The van der Waals surface area contributed by atoms with E-state index in [1.165, 1.54) is 19.3 Å². The average molecular weight is 328 g/mol. The summed E-state index contributed by atoms with van der Waals surface area (Å²) in [7, 11) is 0. The second kappa shape index (κ2) is 8.06. The van der Waals surface area contributed by atoms with Gasteiger partial charge in [-0.25, -0.2) is 0 Å². The highest BCUT2D eigenvalue weighted by molar-refractivity contribution is 5.77. The van der Waals surface area contributed by atoms with Crippen LogP contribution in [0.4, 0.5) is 0 Å². The van der Waals surface area contributed by atoms with Gasteiger partial charge in [-0.05, 0) is 44.5 Å². The Bertz CT molecular complexity index is 650. The Kier molecular flexibility index (Phi) is 5.59. The van der Waals surface area contributed by atoms with Gasteiger partial charge in [-0.15, -0.1) is 0 Å². The minimum absolute atomic E-state index is 0.0444. The summed E-state index contributed by atoms with van der Waals surface area (Å²) in [5, 5.41) is 6.85. The van der Waals surface area contributed by atoms with Crippen molar-refractivity contribution in [2.24, 2.45) is 0 Å². The Morgan fingerprint density at radius 3 is 2.88 bits per heavy atom. The number of aromatic nitrogens is 2. The number of nitrogens with one attached hydrogen (secondary N) is 1. The quantitative estimate of drug-likeness (QED) is 0.881. The third-order valence-corrected chi connectivity index (χ3v) is 4.40. The third kappa shape index (κ3) is 4.41. The lowest BCUT2D eigenvalue weighted by molar-refractivity contribution is -0.121. The zero-order valence-electron chi connectivity index (χ0n) is 14.1. The van der Waals surface area contributed by atoms with E-state index in [0.29, 0.717) is 12.3 Å². The van der Waals surface area contributed by atoms with Crippen molar-refractivity contribution >= 4 is 5.91 Å². The van der Waals surface area contributed by atoms with E-state index in [1.54, 1.807) is 12.3 Å². The topological polar surface area (TPSA) is 71.3 Å². The van der Waals surface area contributed by atoms with Crippen molar-refractivity contribution in [3.63, 3.8) is 0 Å². The molecular weight excluding hydrogens is 304 g/mol. The van der Waals surface area contributed by atoms with Crippen LogP contribution in [0.15, 0.2) is 35.1 Å². The summed E-state index contributed by atoms with van der Waals surface area (Å²) in [6, 6.07) is 5.99. The molecule has 2 aromatic heterocycles. The molecule has 128 valence electrons. The zero-order valence-corrected chi connectivity index (χ0v) is 14.1. The maximum absolute atomic E-state index is 12.2. The minimum atomic E-state index is -0.0444. The van der Waals surface area contributed by atoms with Crippen molar-refractivity contribution < 1.29 is 9.32 Å². The smallest absolute Gasteiger partial charge is 0.227 e. The maximum atomic E-state index is 12.2. The Labute approximate surface area is 142 Å². The van der Waals surface area contributed by atoms with Crippen LogP contribution in [0.5, 0.6) is 0 Å². The fourth-order valence-corrected chi connectivity index (χ4v) is 3.19. The van der Waals surface area contributed by atoms with E-state index in [4.69, 9.17) is 4.52 Å². The molecule has 3 heterocycles. The molecule has 0 spiro atoms. The molecule has 0 unspecified atom stereocenters. The van der Waals surface area contributed by atoms with Gasteiger partial charge in [0, 0.05) is 25.0 Å². The molecule has 1 aliphatic rings. The van der Waals surface area contributed by atoms with Crippen molar-refractivity contribution in [3.8, 4) is 0 Å². The van der Waals surface area contributed by atoms with Gasteiger partial charge in [0.25, 0.3) is 0 Å². The molecule has 0 radical (unpaired) electrons. The number of hydrogen-bond acceptors (Lipinski definition) is 5. The van der Waals surface area contributed by atoms with Gasteiger partial charge in [0.2, 0.25) is 5.91 Å². The molecule has 0 bridgehead atoms. The molecule has 6 heteroatoms. The Morgan fingerprint density at radius 2 is 2.21 bits per heavy atom. The van der Waals surface area contributed by atoms with E-state index < -0.39 is 0 Å². The molecule has 1 N–H and O–H groups in total. The molecule has 0 aliphatic carbocycles. The van der Waals surface area contributed by atoms with Crippen LogP contribution in [0.25, 0.3) is 0 Å². The number of nitrogens with zero attached hydrogens (tertiary/aromatic N) is 3. The monoisotopic (exact) mass is 328 g/mol. The molecule has 6 nitrogen and oxygen atoms in total. The summed E-state index contributed by atoms with van der Waals surface area (Å²) in [6.45, 7) is 4.56. The highest BCUT2D eigenvalue weighted by atomic mass is 16.5. The van der Waals surface area contributed by atoms with Crippen LogP contribution in [0.3, 0.4) is 0 Å². The van der Waals surface area contributed by atoms with E-state index in [-0.39, 0.29) is 18.4 Å². The number of amides is 1. The number of carbonyl (C=O) groups is 1. The average Bonchev–Trinajstić information content (AvgIpc) is 3.02. The first-order valence-corrected chi connectivity index (χ1v) is 8.55. The Morgan fingerprint density at radius 1 is 1.38 bits per heavy atom. The molecule has 1 fully saturated rings. The molecular formula is C18H24N4O2. The molecule has 2 aromatic rings. The molecule has 1 saturated heterocycles. The van der Waals surface area contributed by atoms with Gasteiger partial charge in [-0.2, -0.15) is 0 Å². The number of rotatable bonds is 6. The van der Waals surface area contributed by atoms with Gasteiger partial charge < -0.3 is 9.84 Å². The fourth-order valence-electron chi connectivity index (χ4n) is 3.19. The van der Waals surface area contributed by atoms with Gasteiger partial charge in [-0.1, -0.05) is 17.6 Å². The van der Waals surface area contributed by atoms with Crippen LogP contribution >= 0.6 is 0 Å². The lowest BCUT2D eigenvalue weighted by Crippen LogP contribution is -2.41. The Balaban J connectivity index is 1.62. The molecule has 0 saturated carbocycles. The van der Waals surface area contributed by atoms with E-state index in [9.17, 15) is 4.79 Å². The van der Waals surface area contributed by atoms with Crippen LogP contribution in [0.2, 0.25) is 0 Å². The zero-order chi connectivity index (χ0) is 16.8. The number of pyridine rings is 1. The van der Waals surface area contributed by atoms with Gasteiger partial charge in [-0.3, -0.25) is 14.7 Å². The summed E-state index contributed by atoms with van der Waals surface area (Å²) < 4.78 is 5.11. The van der Waals surface area contributed by atoms with Gasteiger partial charge in [0.15, 0.2) is 0 Å². The summed E-state index contributed by atoms with van der Waals surface area (Å²) >= 11 is 0. The van der Waals surface area contributed by atoms with Crippen molar-refractivity contribution in [1.29, 1.82) is 0 Å². The first kappa shape index (κ1) is 16.6. The van der Waals surface area contributed by atoms with Crippen LogP contribution in [0.1, 0.15) is 42.3 Å². The van der Waals surface area contributed by atoms with Gasteiger partial charge in [0.05, 0.1) is 18.2 Å². The van der Waals surface area contributed by atoms with Crippen LogP contribution in [-0.2, 0) is 11.2 Å². The van der Waals surface area contributed by atoms with Crippen molar-refractivity contribution in [2.45, 2.75) is 38.6 Å². The number of carbonyl (C=O) groups excluding carboxylic acids is 1. The standard InChI is InChI=1S/C18H24N4O2/c1-14-10-16(24-21-14)11-18(23)20-13-17(15-6-5-7-19-12-15)22-8-3-2-4-9-22/h5-7,10,12,17H,2-4,8-9,11,13H2,1H3,(H,20,23)/t17-/m1/s1. The van der Waals surface area contributed by atoms with Gasteiger partial charge in [0.1, 0.15) is 5.76 Å². The number of aryl methyl sites for hydroxylation is 1. The molecule has 3 rings (SSSR count). The highest BCUT2D eigenvalue weighted by Gasteiger charge is 2.23. The third-order valence-electron chi connectivity index (χ3n) is 4.40. The second-order valence-electron chi connectivity index (χ2n) is 6.31. The first-order valence-electron chi connectivity index (χ1n) is 8.55. The van der Waals surface area contributed by atoms with E-state index in [1.807, 2.05) is 19.2 Å². The predicted molar refractivity (Wildman–Crippen MR) is 90.4 cm³/mol. The van der Waals surface area contributed by atoms with Crippen LogP contribution in [0, 0.1) is 6.92 Å². The fraction of sp³-hybridized carbons (Fsp3) is 0.500. The lowest BCUT2D eigenvalue weighted by Gasteiger charge is -2.34. The highest BCUT2D eigenvalue weighted by Crippen LogP contribution is 2.23. The lowest BCUT2D eigenvalue weighted by atomic mass is 10.0. The summed E-state index contributed by atoms with van der Waals surface area (Å²) in [6.07, 6.45) is 7.60. The van der Waals surface area contributed by atoms with Gasteiger partial charge >= 0.3 is 0 Å². The maximum Gasteiger partial charge on any atom is 0.227 e. The number of likely N-dealkylation sites (tertiary alicyclic amines) is 1. The summed E-state index contributed by atoms with van der Waals surface area (Å²) in [5.41, 5.74) is 1.94. The van der Waals surface area contributed by atoms with Crippen LogP contribution in [-0.4, -0.2) is 40.6 Å². The van der Waals surface area contributed by atoms with E-state index >= 15 is 0 Å². The van der Waals surface area contributed by atoms with Crippen molar-refractivity contribution in [3.05, 3.63) is 47.6 Å². The van der Waals surface area contributed by atoms with Crippen LogP contribution < -0.4 is 5.32 Å². The largest absolute Gasteiger partial charge is 0.361 e. The number of hydrogen-bond donors (Lipinski definition) is 1. The van der Waals surface area contributed by atoms with E-state index in [2.05, 4.69) is 26.4 Å². The second-order valence-corrected chi connectivity index (χ2v) is 6.31. The van der Waals surface area contributed by atoms with Crippen molar-refractivity contribution in [1.82, 2.24) is 20.4 Å². The predicted octanol–water partition coefficient (Wildman–Crippen LogP) is 2.26. The molecule has 1 atom stereocenters. The molecule has 1 aliphatic heterocycles. The minimum Gasteiger partial charge on any atom is -0.361 e. The normalized spacial score (nSPS) is 16.7. The SMILES string of the molecule is Cc1cc(CC(=O)NC[C@H](c2cccnc2)N2CCCCC2)on1. The first-order chi connectivity index (χ1) is 11.7. The Hall–Kier alpha value is -2.21. The number of piperidine rings is 1. The molecule has 1 amide bonds. The summed E-state index contributed by atoms with van der Waals surface area (Å²) in [5.74, 6) is 0.554. The molecule has 0 aromatic carbocycles.